The minimum Gasteiger partial charge on any atom is -0.391 e. The number of β-amino-alcohol motifs (C(OH)–C–C–N with tert-alkyl or cyclic N) is 1. The van der Waals surface area contributed by atoms with E-state index in [4.69, 9.17) is 0 Å². The summed E-state index contributed by atoms with van der Waals surface area (Å²) in [6.45, 7) is 3.02. The number of carbonyl (C=O) groups is 2. The van der Waals surface area contributed by atoms with Gasteiger partial charge in [-0.25, -0.2) is 0 Å². The molecule has 2 heterocycles. The molecule has 0 spiro atoms. The number of likely N-dealkylation sites (tertiary alicyclic amines) is 1. The molecule has 1 aromatic heterocycles. The fraction of sp³-hybridized carbons (Fsp3) is 0.571. The molecule has 2 amide bonds. The van der Waals surface area contributed by atoms with Gasteiger partial charge in [-0.1, -0.05) is 6.92 Å². The first kappa shape index (κ1) is 16.5. The lowest BCUT2D eigenvalue weighted by Gasteiger charge is -2.35. The van der Waals surface area contributed by atoms with Crippen molar-refractivity contribution in [3.8, 4) is 0 Å². The number of likely N-dealkylation sites (N-methyl/N-ethyl adjacent to an activating group) is 1. The number of halogens is 1. The lowest BCUT2D eigenvalue weighted by molar-refractivity contribution is -0.135. The first-order valence-corrected chi connectivity index (χ1v) is 8.46. The second-order valence-corrected chi connectivity index (χ2v) is 7.90. The number of hydrogen-bond acceptors (Lipinski definition) is 4. The van der Waals surface area contributed by atoms with Crippen LogP contribution in [-0.4, -0.2) is 59.5 Å². The molecule has 0 saturated carbocycles. The SMILES string of the molecule is C[C@H]1CCN(C(=O)CN(C)C(=O)c2ccc(Br)s2)C[C@@H]1O. The number of aliphatic hydroxyl groups is 1. The number of piperidine rings is 1. The number of nitrogens with zero attached hydrogens (tertiary/aromatic N) is 2. The highest BCUT2D eigenvalue weighted by molar-refractivity contribution is 9.11. The summed E-state index contributed by atoms with van der Waals surface area (Å²) in [5.41, 5.74) is 0. The second kappa shape index (κ2) is 6.89. The third-order valence-corrected chi connectivity index (χ3v) is 5.39. The average molecular weight is 375 g/mol. The van der Waals surface area contributed by atoms with Crippen LogP contribution < -0.4 is 0 Å². The van der Waals surface area contributed by atoms with E-state index in [1.54, 1.807) is 18.0 Å². The monoisotopic (exact) mass is 374 g/mol. The maximum Gasteiger partial charge on any atom is 0.264 e. The van der Waals surface area contributed by atoms with E-state index in [-0.39, 0.29) is 24.3 Å². The smallest absolute Gasteiger partial charge is 0.264 e. The van der Waals surface area contributed by atoms with Crippen LogP contribution in [0.15, 0.2) is 15.9 Å². The van der Waals surface area contributed by atoms with Crippen molar-refractivity contribution in [3.63, 3.8) is 0 Å². The van der Waals surface area contributed by atoms with E-state index < -0.39 is 6.10 Å². The maximum absolute atomic E-state index is 12.2. The number of carbonyl (C=O) groups excluding carboxylic acids is 2. The van der Waals surface area contributed by atoms with E-state index in [1.165, 1.54) is 16.2 Å². The maximum atomic E-state index is 12.2. The highest BCUT2D eigenvalue weighted by atomic mass is 79.9. The normalized spacial score (nSPS) is 22.2. The molecular weight excluding hydrogens is 356 g/mol. The van der Waals surface area contributed by atoms with E-state index in [1.807, 2.05) is 13.0 Å². The zero-order chi connectivity index (χ0) is 15.6. The molecule has 0 aromatic carbocycles. The van der Waals surface area contributed by atoms with Crippen LogP contribution in [-0.2, 0) is 4.79 Å². The molecule has 2 atom stereocenters. The quantitative estimate of drug-likeness (QED) is 0.877. The Morgan fingerprint density at radius 1 is 1.52 bits per heavy atom. The van der Waals surface area contributed by atoms with Crippen molar-refractivity contribution in [2.75, 3.05) is 26.7 Å². The van der Waals surface area contributed by atoms with Gasteiger partial charge in [0.15, 0.2) is 0 Å². The minimum atomic E-state index is -0.475. The van der Waals surface area contributed by atoms with Crippen LogP contribution in [0.25, 0.3) is 0 Å². The number of rotatable bonds is 3. The van der Waals surface area contributed by atoms with Crippen molar-refractivity contribution < 1.29 is 14.7 Å². The van der Waals surface area contributed by atoms with Crippen LogP contribution in [0.3, 0.4) is 0 Å². The molecule has 1 saturated heterocycles. The van der Waals surface area contributed by atoms with E-state index in [9.17, 15) is 14.7 Å². The van der Waals surface area contributed by atoms with Gasteiger partial charge in [-0.3, -0.25) is 9.59 Å². The van der Waals surface area contributed by atoms with Gasteiger partial charge in [0.25, 0.3) is 5.91 Å². The zero-order valence-electron chi connectivity index (χ0n) is 12.1. The molecule has 7 heteroatoms. The summed E-state index contributed by atoms with van der Waals surface area (Å²) in [4.78, 5) is 28.1. The second-order valence-electron chi connectivity index (χ2n) is 5.44. The van der Waals surface area contributed by atoms with E-state index >= 15 is 0 Å². The summed E-state index contributed by atoms with van der Waals surface area (Å²) < 4.78 is 0.888. The third-order valence-electron chi connectivity index (χ3n) is 3.77. The lowest BCUT2D eigenvalue weighted by Crippen LogP contribution is -2.49. The summed E-state index contributed by atoms with van der Waals surface area (Å²) in [5, 5.41) is 9.84. The van der Waals surface area contributed by atoms with Gasteiger partial charge >= 0.3 is 0 Å². The van der Waals surface area contributed by atoms with Crippen LogP contribution in [0, 0.1) is 5.92 Å². The van der Waals surface area contributed by atoms with Crippen LogP contribution in [0.2, 0.25) is 0 Å². The Labute approximate surface area is 136 Å². The fourth-order valence-corrected chi connectivity index (χ4v) is 3.65. The first-order valence-electron chi connectivity index (χ1n) is 6.85. The van der Waals surface area contributed by atoms with Gasteiger partial charge in [0.2, 0.25) is 5.91 Å². The highest BCUT2D eigenvalue weighted by Gasteiger charge is 2.28. The summed E-state index contributed by atoms with van der Waals surface area (Å²) >= 11 is 4.67. The molecule has 1 aliphatic rings. The molecule has 0 unspecified atom stereocenters. The predicted molar refractivity (Wildman–Crippen MR) is 85.3 cm³/mol. The summed E-state index contributed by atoms with van der Waals surface area (Å²) in [6, 6.07) is 3.56. The molecule has 2 rings (SSSR count). The van der Waals surface area contributed by atoms with Crippen molar-refractivity contribution in [1.82, 2.24) is 9.80 Å². The Morgan fingerprint density at radius 3 is 2.81 bits per heavy atom. The van der Waals surface area contributed by atoms with Gasteiger partial charge < -0.3 is 14.9 Å². The Hall–Kier alpha value is -0.920. The lowest BCUT2D eigenvalue weighted by atomic mass is 9.96. The molecule has 0 radical (unpaired) electrons. The van der Waals surface area contributed by atoms with E-state index in [0.717, 1.165) is 10.2 Å². The van der Waals surface area contributed by atoms with Crippen molar-refractivity contribution in [2.24, 2.45) is 5.92 Å². The Balaban J connectivity index is 1.91. The number of amides is 2. The third kappa shape index (κ3) is 4.05. The zero-order valence-corrected chi connectivity index (χ0v) is 14.5. The molecule has 21 heavy (non-hydrogen) atoms. The molecule has 1 fully saturated rings. The molecule has 116 valence electrons. The van der Waals surface area contributed by atoms with Crippen molar-refractivity contribution in [1.29, 1.82) is 0 Å². The van der Waals surface area contributed by atoms with Crippen LogP contribution in [0.4, 0.5) is 0 Å². The molecule has 0 aliphatic carbocycles. The van der Waals surface area contributed by atoms with Crippen LogP contribution in [0.1, 0.15) is 23.0 Å². The average Bonchev–Trinajstić information content (AvgIpc) is 2.87. The molecule has 0 bridgehead atoms. The molecule has 5 nitrogen and oxygen atoms in total. The summed E-state index contributed by atoms with van der Waals surface area (Å²) in [6.07, 6.45) is 0.319. The van der Waals surface area contributed by atoms with E-state index in [2.05, 4.69) is 15.9 Å². The Morgan fingerprint density at radius 2 is 2.24 bits per heavy atom. The highest BCUT2D eigenvalue weighted by Crippen LogP contribution is 2.23. The van der Waals surface area contributed by atoms with Gasteiger partial charge in [0.1, 0.15) is 0 Å². The van der Waals surface area contributed by atoms with Crippen LogP contribution >= 0.6 is 27.3 Å². The van der Waals surface area contributed by atoms with Crippen molar-refractivity contribution in [2.45, 2.75) is 19.4 Å². The number of hydrogen-bond donors (Lipinski definition) is 1. The first-order chi connectivity index (χ1) is 9.88. The largest absolute Gasteiger partial charge is 0.391 e. The van der Waals surface area contributed by atoms with Gasteiger partial charge in [-0.2, -0.15) is 0 Å². The Kier molecular flexibility index (Phi) is 5.40. The van der Waals surface area contributed by atoms with Crippen LogP contribution in [0.5, 0.6) is 0 Å². The molecule has 1 aromatic rings. The Bertz CT molecular complexity index is 534. The van der Waals surface area contributed by atoms with E-state index in [0.29, 0.717) is 18.0 Å². The molecular formula is C14H19BrN2O3S. The number of thiophene rings is 1. The molecule has 1 aliphatic heterocycles. The van der Waals surface area contributed by atoms with Gasteiger partial charge in [0, 0.05) is 20.1 Å². The minimum absolute atomic E-state index is 0.0372. The molecule has 1 N–H and O–H groups in total. The number of aliphatic hydroxyl groups excluding tert-OH is 1. The topological polar surface area (TPSA) is 60.9 Å². The van der Waals surface area contributed by atoms with Gasteiger partial charge in [-0.15, -0.1) is 11.3 Å². The van der Waals surface area contributed by atoms with Gasteiger partial charge in [0.05, 0.1) is 21.3 Å². The van der Waals surface area contributed by atoms with Crippen molar-refractivity contribution >= 4 is 39.1 Å². The van der Waals surface area contributed by atoms with Crippen molar-refractivity contribution in [3.05, 3.63) is 20.8 Å². The standard InChI is InChI=1S/C14H19BrN2O3S/c1-9-5-6-17(7-10(9)18)13(19)8-16(2)14(20)11-3-4-12(15)21-11/h3-4,9-10,18H,5-8H2,1-2H3/t9-,10-/m0/s1. The predicted octanol–water partition coefficient (Wildman–Crippen LogP) is 1.81. The van der Waals surface area contributed by atoms with Gasteiger partial charge in [-0.05, 0) is 40.4 Å². The summed E-state index contributed by atoms with van der Waals surface area (Å²) in [5.74, 6) is -0.0609. The summed E-state index contributed by atoms with van der Waals surface area (Å²) in [7, 11) is 1.62. The fourth-order valence-electron chi connectivity index (χ4n) is 2.27.